The molecule has 2 aliphatic rings. The lowest BCUT2D eigenvalue weighted by Crippen LogP contribution is -2.44. The lowest BCUT2D eigenvalue weighted by Gasteiger charge is -2.25. The normalized spacial score (nSPS) is 19.6. The van der Waals surface area contributed by atoms with Gasteiger partial charge in [0.1, 0.15) is 5.50 Å². The molecule has 1 unspecified atom stereocenters. The molecule has 2 aromatic carbocycles. The van der Waals surface area contributed by atoms with Gasteiger partial charge in [-0.15, -0.1) is 0 Å². The van der Waals surface area contributed by atoms with Crippen molar-refractivity contribution < 1.29 is 40.7 Å². The number of hydrogen-bond donors (Lipinski definition) is 1. The molecule has 0 radical (unpaired) electrons. The van der Waals surface area contributed by atoms with Crippen LogP contribution in [0.5, 0.6) is 0 Å². The molecule has 3 aromatic rings. The molecular weight excluding hydrogens is 600 g/mol. The molecule has 8 nitrogen and oxygen atoms in total. The Labute approximate surface area is 246 Å². The maximum Gasteiger partial charge on any atom is 0.416 e. The van der Waals surface area contributed by atoms with Crippen LogP contribution in [0.4, 0.5) is 31.1 Å². The number of carbonyl (C=O) groups is 2. The van der Waals surface area contributed by atoms with Crippen molar-refractivity contribution in [2.75, 3.05) is 32.8 Å². The molecule has 1 aromatic heterocycles. The Morgan fingerprint density at radius 2 is 1.86 bits per heavy atom. The van der Waals surface area contributed by atoms with E-state index in [2.05, 4.69) is 15.3 Å². The van der Waals surface area contributed by atoms with E-state index in [1.165, 1.54) is 22.6 Å². The second kappa shape index (κ2) is 12.1. The number of hydrogen-bond acceptors (Lipinski definition) is 6. The zero-order valence-electron chi connectivity index (χ0n) is 22.8. The number of halogens is 6. The Morgan fingerprint density at radius 1 is 1.07 bits per heavy atom. The standard InChI is InChI=1S/C28H27F6N5O3S/c1-2-42-26(41)38-9-3-8-37(10-11-38)25-36-24(40)23(43-25)13-17-4-7-22-19(12-17)15-35-39(22)16-18-5-6-20(27(29,30)31)14-21(18)28(32,33)34/h4-7,12-15,25H,2-3,8-11,16H2,1H3,(H,36,40)/b23-13-. The van der Waals surface area contributed by atoms with E-state index in [4.69, 9.17) is 4.74 Å². The lowest BCUT2D eigenvalue weighted by molar-refractivity contribution is -0.143. The molecule has 0 spiro atoms. The maximum atomic E-state index is 13.6. The van der Waals surface area contributed by atoms with Crippen molar-refractivity contribution in [2.45, 2.75) is 37.7 Å². The molecule has 2 amide bonds. The van der Waals surface area contributed by atoms with Crippen LogP contribution < -0.4 is 5.32 Å². The summed E-state index contributed by atoms with van der Waals surface area (Å²) >= 11 is 1.35. The van der Waals surface area contributed by atoms with E-state index in [-0.39, 0.29) is 35.7 Å². The first-order chi connectivity index (χ1) is 20.3. The number of benzene rings is 2. The average molecular weight is 628 g/mol. The van der Waals surface area contributed by atoms with E-state index in [0.29, 0.717) is 60.2 Å². The summed E-state index contributed by atoms with van der Waals surface area (Å²) in [7, 11) is 0. The molecule has 1 atom stereocenters. The third-order valence-corrected chi connectivity index (χ3v) is 8.33. The summed E-state index contributed by atoms with van der Waals surface area (Å²) in [5.74, 6) is -0.251. The van der Waals surface area contributed by atoms with Crippen LogP contribution in [0.2, 0.25) is 0 Å². The van der Waals surface area contributed by atoms with Crippen molar-refractivity contribution in [1.82, 2.24) is 24.9 Å². The number of nitrogens with one attached hydrogen (secondary N) is 1. The quantitative estimate of drug-likeness (QED) is 0.286. The molecule has 230 valence electrons. The summed E-state index contributed by atoms with van der Waals surface area (Å²) in [6.07, 6.45) is -6.36. The minimum Gasteiger partial charge on any atom is -0.450 e. The fourth-order valence-electron chi connectivity index (χ4n) is 5.01. The van der Waals surface area contributed by atoms with Gasteiger partial charge in [0.05, 0.1) is 40.9 Å². The number of rotatable bonds is 5. The highest BCUT2D eigenvalue weighted by Gasteiger charge is 2.38. The van der Waals surface area contributed by atoms with Gasteiger partial charge in [-0.05, 0) is 54.8 Å². The zero-order chi connectivity index (χ0) is 30.9. The predicted octanol–water partition coefficient (Wildman–Crippen LogP) is 5.77. The van der Waals surface area contributed by atoms with Crippen LogP contribution in [0, 0.1) is 0 Å². The van der Waals surface area contributed by atoms with Crippen molar-refractivity contribution in [3.05, 3.63) is 69.8 Å². The molecule has 15 heteroatoms. The first kappa shape index (κ1) is 30.7. The fraction of sp³-hybridized carbons (Fsp3) is 0.393. The van der Waals surface area contributed by atoms with Crippen LogP contribution in [0.25, 0.3) is 17.0 Å². The number of ether oxygens (including phenoxy) is 1. The summed E-state index contributed by atoms with van der Waals surface area (Å²) < 4.78 is 86.4. The molecular formula is C28H27F6N5O3S. The SMILES string of the molecule is CCOC(=O)N1CCCN(C2NC(=O)/C(=C/c3ccc4c(cnn4Cc4ccc(C(F)(F)F)cc4C(F)(F)F)c3)S2)CC1. The van der Waals surface area contributed by atoms with Crippen molar-refractivity contribution in [2.24, 2.45) is 0 Å². The Kier molecular flexibility index (Phi) is 8.65. The Bertz CT molecular complexity index is 1550. The van der Waals surface area contributed by atoms with Crippen LogP contribution in [0.3, 0.4) is 0 Å². The molecule has 43 heavy (non-hydrogen) atoms. The minimum absolute atomic E-state index is 0.116. The van der Waals surface area contributed by atoms with Gasteiger partial charge < -0.3 is 15.0 Å². The van der Waals surface area contributed by atoms with Gasteiger partial charge >= 0.3 is 18.4 Å². The average Bonchev–Trinajstić information content (AvgIpc) is 3.39. The molecule has 0 aliphatic carbocycles. The fourth-order valence-corrected chi connectivity index (χ4v) is 6.15. The Hall–Kier alpha value is -3.72. The molecule has 3 heterocycles. The lowest BCUT2D eigenvalue weighted by atomic mass is 10.0. The van der Waals surface area contributed by atoms with Crippen molar-refractivity contribution in [1.29, 1.82) is 0 Å². The van der Waals surface area contributed by atoms with Crippen LogP contribution >= 0.6 is 11.8 Å². The Balaban J connectivity index is 1.30. The van der Waals surface area contributed by atoms with Crippen LogP contribution in [0.1, 0.15) is 35.6 Å². The van der Waals surface area contributed by atoms with Crippen molar-refractivity contribution in [3.8, 4) is 0 Å². The van der Waals surface area contributed by atoms with Gasteiger partial charge in [-0.2, -0.15) is 31.4 Å². The number of amides is 2. The van der Waals surface area contributed by atoms with Gasteiger partial charge in [0.2, 0.25) is 0 Å². The number of thioether (sulfide) groups is 1. The van der Waals surface area contributed by atoms with E-state index in [1.54, 1.807) is 36.1 Å². The number of fused-ring (bicyclic) bond motifs is 1. The summed E-state index contributed by atoms with van der Waals surface area (Å²) in [6, 6.07) is 6.62. The molecule has 0 bridgehead atoms. The third kappa shape index (κ3) is 6.93. The van der Waals surface area contributed by atoms with E-state index in [1.807, 2.05) is 0 Å². The maximum absolute atomic E-state index is 13.6. The molecule has 5 rings (SSSR count). The summed E-state index contributed by atoms with van der Waals surface area (Å²) in [5, 5.41) is 7.71. The first-order valence-corrected chi connectivity index (χ1v) is 14.3. The van der Waals surface area contributed by atoms with Gasteiger partial charge in [0.15, 0.2) is 0 Å². The van der Waals surface area contributed by atoms with Crippen molar-refractivity contribution >= 4 is 40.7 Å². The number of alkyl halides is 6. The third-order valence-electron chi connectivity index (χ3n) is 7.13. The summed E-state index contributed by atoms with van der Waals surface area (Å²) in [6.45, 7) is 3.94. The van der Waals surface area contributed by atoms with Gasteiger partial charge in [-0.1, -0.05) is 23.9 Å². The predicted molar refractivity (Wildman–Crippen MR) is 148 cm³/mol. The van der Waals surface area contributed by atoms with Crippen LogP contribution in [0.15, 0.2) is 47.5 Å². The van der Waals surface area contributed by atoms with E-state index >= 15 is 0 Å². The van der Waals surface area contributed by atoms with Gasteiger partial charge in [0, 0.05) is 31.6 Å². The highest BCUT2D eigenvalue weighted by atomic mass is 32.2. The topological polar surface area (TPSA) is 79.7 Å². The number of aromatic nitrogens is 2. The molecule has 0 saturated carbocycles. The summed E-state index contributed by atoms with van der Waals surface area (Å²) in [4.78, 5) is 29.1. The second-order valence-electron chi connectivity index (χ2n) is 10.0. The highest BCUT2D eigenvalue weighted by Crippen LogP contribution is 2.38. The van der Waals surface area contributed by atoms with E-state index < -0.39 is 23.5 Å². The smallest absolute Gasteiger partial charge is 0.416 e. The van der Waals surface area contributed by atoms with Crippen LogP contribution in [-0.4, -0.2) is 69.9 Å². The number of carbonyl (C=O) groups excluding carboxylic acids is 2. The van der Waals surface area contributed by atoms with E-state index in [0.717, 1.165) is 12.5 Å². The van der Waals surface area contributed by atoms with Crippen molar-refractivity contribution in [3.63, 3.8) is 0 Å². The number of nitrogens with zero attached hydrogens (tertiary/aromatic N) is 4. The second-order valence-corrected chi connectivity index (χ2v) is 11.1. The van der Waals surface area contributed by atoms with E-state index in [9.17, 15) is 35.9 Å². The monoisotopic (exact) mass is 627 g/mol. The molecule has 2 saturated heterocycles. The highest BCUT2D eigenvalue weighted by molar-refractivity contribution is 8.05. The first-order valence-electron chi connectivity index (χ1n) is 13.4. The summed E-state index contributed by atoms with van der Waals surface area (Å²) in [5.41, 5.74) is -2.26. The minimum atomic E-state index is -4.98. The molecule has 2 aliphatic heterocycles. The molecule has 2 fully saturated rings. The van der Waals surface area contributed by atoms with Gasteiger partial charge in [0.25, 0.3) is 5.91 Å². The van der Waals surface area contributed by atoms with Gasteiger partial charge in [-0.3, -0.25) is 14.4 Å². The van der Waals surface area contributed by atoms with Gasteiger partial charge in [-0.25, -0.2) is 4.79 Å². The molecule has 1 N–H and O–H groups in total. The Morgan fingerprint density at radius 3 is 2.58 bits per heavy atom. The zero-order valence-corrected chi connectivity index (χ0v) is 23.7. The largest absolute Gasteiger partial charge is 0.450 e. The van der Waals surface area contributed by atoms with Crippen LogP contribution in [-0.2, 0) is 28.4 Å².